The molecule has 0 radical (unpaired) electrons. The summed E-state index contributed by atoms with van der Waals surface area (Å²) in [6, 6.07) is 0.476. The number of hydrogen-bond donors (Lipinski definition) is 1. The Morgan fingerprint density at radius 1 is 1.43 bits per heavy atom. The standard InChI is InChI=1S/C11H20N2O/c1-9-4-6-13(11(14)7-9)10-3-2-5-12-8-10/h9-10,12H,2-8H2,1H3. The summed E-state index contributed by atoms with van der Waals surface area (Å²) in [6.07, 6.45) is 4.34. The summed E-state index contributed by atoms with van der Waals surface area (Å²) in [5.74, 6) is 0.966. The van der Waals surface area contributed by atoms with E-state index in [4.69, 9.17) is 0 Å². The first-order chi connectivity index (χ1) is 6.77. The van der Waals surface area contributed by atoms with Crippen molar-refractivity contribution < 1.29 is 4.79 Å². The van der Waals surface area contributed by atoms with E-state index in [1.54, 1.807) is 0 Å². The number of carbonyl (C=O) groups excluding carboxylic acids is 1. The fourth-order valence-electron chi connectivity index (χ4n) is 2.49. The van der Waals surface area contributed by atoms with Gasteiger partial charge in [0, 0.05) is 25.6 Å². The molecule has 0 bridgehead atoms. The van der Waals surface area contributed by atoms with E-state index < -0.39 is 0 Å². The Labute approximate surface area is 85.8 Å². The normalized spacial score (nSPS) is 34.6. The lowest BCUT2D eigenvalue weighted by Gasteiger charge is -2.38. The van der Waals surface area contributed by atoms with Crippen molar-refractivity contribution >= 4 is 5.91 Å². The highest BCUT2D eigenvalue weighted by Crippen LogP contribution is 2.21. The minimum atomic E-state index is 0.373. The number of rotatable bonds is 1. The molecule has 2 aliphatic rings. The lowest BCUT2D eigenvalue weighted by molar-refractivity contribution is -0.137. The van der Waals surface area contributed by atoms with Crippen LogP contribution in [-0.4, -0.2) is 36.5 Å². The lowest BCUT2D eigenvalue weighted by atomic mass is 9.95. The second-order valence-corrected chi connectivity index (χ2v) is 4.69. The molecule has 0 aromatic heterocycles. The molecule has 2 unspecified atom stereocenters. The summed E-state index contributed by atoms with van der Waals surface area (Å²) in [4.78, 5) is 13.9. The molecule has 1 N–H and O–H groups in total. The molecule has 1 amide bonds. The number of likely N-dealkylation sites (tertiary alicyclic amines) is 1. The Morgan fingerprint density at radius 2 is 2.29 bits per heavy atom. The predicted molar refractivity (Wildman–Crippen MR) is 56.0 cm³/mol. The fraction of sp³-hybridized carbons (Fsp3) is 0.909. The highest BCUT2D eigenvalue weighted by molar-refractivity contribution is 5.77. The van der Waals surface area contributed by atoms with Crippen LogP contribution >= 0.6 is 0 Å². The lowest BCUT2D eigenvalue weighted by Crippen LogP contribution is -2.51. The quantitative estimate of drug-likeness (QED) is 0.678. The molecule has 2 atom stereocenters. The van der Waals surface area contributed by atoms with Crippen molar-refractivity contribution in [3.63, 3.8) is 0 Å². The van der Waals surface area contributed by atoms with Gasteiger partial charge in [0.2, 0.25) is 5.91 Å². The zero-order chi connectivity index (χ0) is 9.97. The summed E-state index contributed by atoms with van der Waals surface area (Å²) in [7, 11) is 0. The van der Waals surface area contributed by atoms with Crippen LogP contribution in [0.5, 0.6) is 0 Å². The molecular weight excluding hydrogens is 176 g/mol. The second kappa shape index (κ2) is 4.30. The number of hydrogen-bond acceptors (Lipinski definition) is 2. The van der Waals surface area contributed by atoms with Gasteiger partial charge in [-0.15, -0.1) is 0 Å². The van der Waals surface area contributed by atoms with E-state index in [1.807, 2.05) is 0 Å². The Balaban J connectivity index is 1.92. The largest absolute Gasteiger partial charge is 0.338 e. The van der Waals surface area contributed by atoms with Crippen LogP contribution in [0.4, 0.5) is 0 Å². The van der Waals surface area contributed by atoms with Crippen molar-refractivity contribution in [2.75, 3.05) is 19.6 Å². The molecule has 0 aromatic carbocycles. The first kappa shape index (κ1) is 9.97. The summed E-state index contributed by atoms with van der Waals surface area (Å²) in [5.41, 5.74) is 0. The van der Waals surface area contributed by atoms with Gasteiger partial charge >= 0.3 is 0 Å². The van der Waals surface area contributed by atoms with Crippen molar-refractivity contribution in [2.45, 2.75) is 38.6 Å². The minimum Gasteiger partial charge on any atom is -0.338 e. The number of carbonyl (C=O) groups is 1. The van der Waals surface area contributed by atoms with Gasteiger partial charge in [-0.25, -0.2) is 0 Å². The number of piperidine rings is 2. The van der Waals surface area contributed by atoms with Crippen LogP contribution in [0, 0.1) is 5.92 Å². The fourth-order valence-corrected chi connectivity index (χ4v) is 2.49. The van der Waals surface area contributed by atoms with Crippen LogP contribution in [0.1, 0.15) is 32.6 Å². The first-order valence-corrected chi connectivity index (χ1v) is 5.77. The molecule has 2 heterocycles. The van der Waals surface area contributed by atoms with Crippen LogP contribution < -0.4 is 5.32 Å². The highest BCUT2D eigenvalue weighted by atomic mass is 16.2. The van der Waals surface area contributed by atoms with E-state index >= 15 is 0 Å². The van der Waals surface area contributed by atoms with Gasteiger partial charge in [0.15, 0.2) is 0 Å². The minimum absolute atomic E-state index is 0.373. The highest BCUT2D eigenvalue weighted by Gasteiger charge is 2.29. The maximum Gasteiger partial charge on any atom is 0.223 e. The molecular formula is C11H20N2O. The topological polar surface area (TPSA) is 32.3 Å². The molecule has 2 rings (SSSR count). The van der Waals surface area contributed by atoms with Crippen molar-refractivity contribution in [2.24, 2.45) is 5.92 Å². The van der Waals surface area contributed by atoms with Gasteiger partial charge in [0.1, 0.15) is 0 Å². The van der Waals surface area contributed by atoms with Gasteiger partial charge in [-0.05, 0) is 31.7 Å². The van der Waals surface area contributed by atoms with Crippen LogP contribution in [0.25, 0.3) is 0 Å². The molecule has 0 spiro atoms. The summed E-state index contributed by atoms with van der Waals surface area (Å²) < 4.78 is 0. The van der Waals surface area contributed by atoms with Gasteiger partial charge in [0.05, 0.1) is 0 Å². The van der Waals surface area contributed by atoms with Gasteiger partial charge in [-0.2, -0.15) is 0 Å². The van der Waals surface area contributed by atoms with E-state index in [2.05, 4.69) is 17.1 Å². The molecule has 0 saturated carbocycles. The molecule has 2 aliphatic heterocycles. The predicted octanol–water partition coefficient (Wildman–Crippen LogP) is 0.997. The maximum absolute atomic E-state index is 11.8. The second-order valence-electron chi connectivity index (χ2n) is 4.69. The van der Waals surface area contributed by atoms with E-state index in [0.717, 1.165) is 26.1 Å². The van der Waals surface area contributed by atoms with E-state index in [1.165, 1.54) is 19.3 Å². The number of nitrogens with one attached hydrogen (secondary N) is 1. The molecule has 0 aliphatic carbocycles. The SMILES string of the molecule is CC1CCN(C2CCCNC2)C(=O)C1. The smallest absolute Gasteiger partial charge is 0.223 e. The Hall–Kier alpha value is -0.570. The third-order valence-corrected chi connectivity index (χ3v) is 3.42. The van der Waals surface area contributed by atoms with Gasteiger partial charge < -0.3 is 10.2 Å². The van der Waals surface area contributed by atoms with Gasteiger partial charge in [-0.1, -0.05) is 6.92 Å². The van der Waals surface area contributed by atoms with E-state index in [9.17, 15) is 4.79 Å². The summed E-state index contributed by atoms with van der Waals surface area (Å²) in [5, 5.41) is 3.37. The van der Waals surface area contributed by atoms with Crippen molar-refractivity contribution in [1.82, 2.24) is 10.2 Å². The molecule has 0 aromatic rings. The number of amides is 1. The van der Waals surface area contributed by atoms with Crippen molar-refractivity contribution in [3.05, 3.63) is 0 Å². The summed E-state index contributed by atoms with van der Waals surface area (Å²) >= 11 is 0. The molecule has 3 nitrogen and oxygen atoms in total. The molecule has 2 saturated heterocycles. The van der Waals surface area contributed by atoms with Crippen LogP contribution in [-0.2, 0) is 4.79 Å². The van der Waals surface area contributed by atoms with Gasteiger partial charge in [-0.3, -0.25) is 4.79 Å². The molecule has 80 valence electrons. The van der Waals surface area contributed by atoms with E-state index in [-0.39, 0.29) is 0 Å². The monoisotopic (exact) mass is 196 g/mol. The third-order valence-electron chi connectivity index (χ3n) is 3.42. The Kier molecular flexibility index (Phi) is 3.06. The Bertz CT molecular complexity index is 211. The molecule has 3 heteroatoms. The molecule has 2 fully saturated rings. The zero-order valence-electron chi connectivity index (χ0n) is 8.96. The van der Waals surface area contributed by atoms with E-state index in [0.29, 0.717) is 17.9 Å². The van der Waals surface area contributed by atoms with Crippen LogP contribution in [0.15, 0.2) is 0 Å². The van der Waals surface area contributed by atoms with Crippen LogP contribution in [0.3, 0.4) is 0 Å². The van der Waals surface area contributed by atoms with Gasteiger partial charge in [0.25, 0.3) is 0 Å². The van der Waals surface area contributed by atoms with Crippen molar-refractivity contribution in [1.29, 1.82) is 0 Å². The Morgan fingerprint density at radius 3 is 2.93 bits per heavy atom. The van der Waals surface area contributed by atoms with Crippen LogP contribution in [0.2, 0.25) is 0 Å². The zero-order valence-corrected chi connectivity index (χ0v) is 8.96. The summed E-state index contributed by atoms with van der Waals surface area (Å²) in [6.45, 7) is 5.27. The van der Waals surface area contributed by atoms with Crippen molar-refractivity contribution in [3.8, 4) is 0 Å². The maximum atomic E-state index is 11.8. The average Bonchev–Trinajstić information content (AvgIpc) is 2.19. The molecule has 14 heavy (non-hydrogen) atoms. The average molecular weight is 196 g/mol. The number of nitrogens with zero attached hydrogens (tertiary/aromatic N) is 1. The third kappa shape index (κ3) is 2.08. The first-order valence-electron chi connectivity index (χ1n) is 5.77.